The van der Waals surface area contributed by atoms with Crippen LogP contribution in [-0.4, -0.2) is 28.2 Å². The molecule has 0 unspecified atom stereocenters. The number of H-pyrrole nitrogens is 1. The van der Waals surface area contributed by atoms with E-state index in [0.717, 1.165) is 19.4 Å². The molecular weight excluding hydrogens is 253 g/mol. The lowest BCUT2D eigenvalue weighted by atomic mass is 10.2. The molecular formula is C10H7F3N2O3. The van der Waals surface area contributed by atoms with Gasteiger partial charge in [0.25, 0.3) is 0 Å². The SMILES string of the molecule is COc1c(C(F)(F)F)ncc2[nH]c(C(=O)O)cc12. The fourth-order valence-electron chi connectivity index (χ4n) is 1.60. The molecule has 0 fully saturated rings. The van der Waals surface area contributed by atoms with Crippen LogP contribution in [0.4, 0.5) is 13.2 Å². The Hall–Kier alpha value is -2.25. The van der Waals surface area contributed by atoms with Crippen molar-refractivity contribution in [3.05, 3.63) is 23.7 Å². The summed E-state index contributed by atoms with van der Waals surface area (Å²) in [4.78, 5) is 16.4. The maximum absolute atomic E-state index is 12.7. The largest absolute Gasteiger partial charge is 0.494 e. The van der Waals surface area contributed by atoms with E-state index in [2.05, 4.69) is 14.7 Å². The molecule has 0 radical (unpaired) electrons. The highest BCUT2D eigenvalue weighted by atomic mass is 19.4. The highest BCUT2D eigenvalue weighted by Gasteiger charge is 2.37. The minimum atomic E-state index is -4.67. The number of methoxy groups -OCH3 is 1. The number of nitrogens with zero attached hydrogens (tertiary/aromatic N) is 1. The van der Waals surface area contributed by atoms with Crippen molar-refractivity contribution in [3.8, 4) is 5.75 Å². The van der Waals surface area contributed by atoms with Gasteiger partial charge in [0.15, 0.2) is 11.4 Å². The molecule has 0 amide bonds. The van der Waals surface area contributed by atoms with Crippen LogP contribution in [0, 0.1) is 0 Å². The van der Waals surface area contributed by atoms with Gasteiger partial charge in [0.1, 0.15) is 5.69 Å². The third-order valence-electron chi connectivity index (χ3n) is 2.33. The zero-order valence-corrected chi connectivity index (χ0v) is 9.00. The Bertz CT molecular complexity index is 619. The van der Waals surface area contributed by atoms with Gasteiger partial charge in [0.2, 0.25) is 0 Å². The molecule has 0 aliphatic heterocycles. The van der Waals surface area contributed by atoms with E-state index >= 15 is 0 Å². The molecule has 0 saturated heterocycles. The molecule has 2 N–H and O–H groups in total. The number of carboxylic acid groups (broad SMARTS) is 1. The first-order chi connectivity index (χ1) is 8.34. The fraction of sp³-hybridized carbons (Fsp3) is 0.200. The summed E-state index contributed by atoms with van der Waals surface area (Å²) in [7, 11) is 1.07. The van der Waals surface area contributed by atoms with E-state index in [1.165, 1.54) is 0 Å². The highest BCUT2D eigenvalue weighted by Crippen LogP contribution is 2.38. The van der Waals surface area contributed by atoms with E-state index in [-0.39, 0.29) is 16.6 Å². The Morgan fingerprint density at radius 3 is 2.67 bits per heavy atom. The number of alkyl halides is 3. The number of fused-ring (bicyclic) bond motifs is 1. The number of hydrogen-bond acceptors (Lipinski definition) is 3. The van der Waals surface area contributed by atoms with Crippen LogP contribution < -0.4 is 4.74 Å². The van der Waals surface area contributed by atoms with Crippen molar-refractivity contribution in [2.75, 3.05) is 7.11 Å². The second-order valence-corrected chi connectivity index (χ2v) is 3.45. The molecule has 2 aromatic rings. The van der Waals surface area contributed by atoms with Crippen LogP contribution in [-0.2, 0) is 6.18 Å². The molecule has 2 rings (SSSR count). The van der Waals surface area contributed by atoms with E-state index in [9.17, 15) is 18.0 Å². The van der Waals surface area contributed by atoms with Gasteiger partial charge in [-0.2, -0.15) is 13.2 Å². The van der Waals surface area contributed by atoms with Crippen molar-refractivity contribution >= 4 is 16.9 Å². The molecule has 2 aromatic heterocycles. The molecule has 2 heterocycles. The number of aromatic carboxylic acids is 1. The van der Waals surface area contributed by atoms with E-state index in [4.69, 9.17) is 5.11 Å². The number of rotatable bonds is 2. The smallest absolute Gasteiger partial charge is 0.437 e. The summed E-state index contributed by atoms with van der Waals surface area (Å²) in [5.74, 6) is -1.77. The standard InChI is InChI=1S/C10H7F3N2O3/c1-18-7-4-2-5(9(16)17)15-6(4)3-14-8(7)10(11,12)13/h2-3,15H,1H3,(H,16,17). The molecule has 0 aliphatic carbocycles. The summed E-state index contributed by atoms with van der Waals surface area (Å²) in [6.45, 7) is 0. The summed E-state index contributed by atoms with van der Waals surface area (Å²) >= 11 is 0. The van der Waals surface area contributed by atoms with Crippen molar-refractivity contribution < 1.29 is 27.8 Å². The van der Waals surface area contributed by atoms with Crippen molar-refractivity contribution in [1.29, 1.82) is 0 Å². The van der Waals surface area contributed by atoms with Crippen LogP contribution in [0.5, 0.6) is 5.75 Å². The first-order valence-electron chi connectivity index (χ1n) is 4.70. The fourth-order valence-corrected chi connectivity index (χ4v) is 1.60. The molecule has 96 valence electrons. The first-order valence-corrected chi connectivity index (χ1v) is 4.70. The topological polar surface area (TPSA) is 75.2 Å². The zero-order valence-electron chi connectivity index (χ0n) is 9.00. The van der Waals surface area contributed by atoms with Gasteiger partial charge in [-0.15, -0.1) is 0 Å². The van der Waals surface area contributed by atoms with Gasteiger partial charge in [-0.3, -0.25) is 0 Å². The molecule has 0 aromatic carbocycles. The molecule has 0 bridgehead atoms. The maximum Gasteiger partial charge on any atom is 0.437 e. The molecule has 18 heavy (non-hydrogen) atoms. The van der Waals surface area contributed by atoms with Gasteiger partial charge in [-0.05, 0) is 6.07 Å². The average Bonchev–Trinajstić information content (AvgIpc) is 2.69. The van der Waals surface area contributed by atoms with Gasteiger partial charge in [-0.1, -0.05) is 0 Å². The Morgan fingerprint density at radius 1 is 1.50 bits per heavy atom. The summed E-state index contributed by atoms with van der Waals surface area (Å²) in [6, 6.07) is 1.08. The van der Waals surface area contributed by atoms with Crippen LogP contribution in [0.2, 0.25) is 0 Å². The Morgan fingerprint density at radius 2 is 2.17 bits per heavy atom. The molecule has 0 aliphatic rings. The summed E-state index contributed by atoms with van der Waals surface area (Å²) in [5, 5.41) is 8.79. The average molecular weight is 260 g/mol. The predicted molar refractivity (Wildman–Crippen MR) is 54.6 cm³/mol. The lowest BCUT2D eigenvalue weighted by Crippen LogP contribution is -2.10. The summed E-state index contributed by atoms with van der Waals surface area (Å²) < 4.78 is 42.7. The van der Waals surface area contributed by atoms with E-state index in [0.29, 0.717) is 0 Å². The van der Waals surface area contributed by atoms with Crippen molar-refractivity contribution in [2.24, 2.45) is 0 Å². The number of aromatic amines is 1. The number of hydrogen-bond donors (Lipinski definition) is 2. The molecule has 8 heteroatoms. The third kappa shape index (κ3) is 1.85. The second-order valence-electron chi connectivity index (χ2n) is 3.45. The van der Waals surface area contributed by atoms with E-state index < -0.39 is 23.6 Å². The van der Waals surface area contributed by atoms with Gasteiger partial charge < -0.3 is 14.8 Å². The van der Waals surface area contributed by atoms with Gasteiger partial charge in [-0.25, -0.2) is 9.78 Å². The van der Waals surface area contributed by atoms with Crippen molar-refractivity contribution in [1.82, 2.24) is 9.97 Å². The van der Waals surface area contributed by atoms with E-state index in [1.54, 1.807) is 0 Å². The maximum atomic E-state index is 12.7. The lowest BCUT2D eigenvalue weighted by molar-refractivity contribution is -0.142. The van der Waals surface area contributed by atoms with Crippen molar-refractivity contribution in [3.63, 3.8) is 0 Å². The number of aromatic nitrogens is 2. The third-order valence-corrected chi connectivity index (χ3v) is 2.33. The van der Waals surface area contributed by atoms with Crippen LogP contribution in [0.3, 0.4) is 0 Å². The molecule has 0 atom stereocenters. The van der Waals surface area contributed by atoms with Gasteiger partial charge in [0, 0.05) is 5.39 Å². The molecule has 0 saturated carbocycles. The van der Waals surface area contributed by atoms with Crippen LogP contribution in [0.25, 0.3) is 10.9 Å². The normalized spacial score (nSPS) is 11.8. The Labute approximate surface area is 98.2 Å². The van der Waals surface area contributed by atoms with Crippen LogP contribution in [0.1, 0.15) is 16.2 Å². The minimum Gasteiger partial charge on any atom is -0.494 e. The number of carboxylic acids is 1. The van der Waals surface area contributed by atoms with Gasteiger partial charge >= 0.3 is 12.1 Å². The summed E-state index contributed by atoms with van der Waals surface area (Å²) in [6.07, 6.45) is -3.74. The van der Waals surface area contributed by atoms with Gasteiger partial charge in [0.05, 0.1) is 18.8 Å². The number of pyridine rings is 1. The minimum absolute atomic E-state index is 0.0252. The molecule has 5 nitrogen and oxygen atoms in total. The Balaban J connectivity index is 2.75. The van der Waals surface area contributed by atoms with Crippen LogP contribution >= 0.6 is 0 Å². The van der Waals surface area contributed by atoms with E-state index in [1.807, 2.05) is 0 Å². The monoisotopic (exact) mass is 260 g/mol. The number of ether oxygens (including phenoxy) is 1. The number of carbonyl (C=O) groups is 1. The first kappa shape index (κ1) is 12.2. The van der Waals surface area contributed by atoms with Crippen molar-refractivity contribution in [2.45, 2.75) is 6.18 Å². The summed E-state index contributed by atoms with van der Waals surface area (Å²) in [5.41, 5.74) is -1.25. The highest BCUT2D eigenvalue weighted by molar-refractivity contribution is 5.96. The predicted octanol–water partition coefficient (Wildman–Crippen LogP) is 2.29. The number of nitrogens with one attached hydrogen (secondary N) is 1. The number of halogens is 3. The molecule has 0 spiro atoms. The quantitative estimate of drug-likeness (QED) is 0.868. The zero-order chi connectivity index (χ0) is 13.5. The Kier molecular flexibility index (Phi) is 2.64. The second kappa shape index (κ2) is 3.90. The van der Waals surface area contributed by atoms with Crippen LogP contribution in [0.15, 0.2) is 12.3 Å². The lowest BCUT2D eigenvalue weighted by Gasteiger charge is -2.10.